The highest BCUT2D eigenvalue weighted by atomic mass is 35.5. The molecule has 0 unspecified atom stereocenters. The topological polar surface area (TPSA) is 67.9 Å². The molecule has 6 nitrogen and oxygen atoms in total. The Morgan fingerprint density at radius 3 is 2.47 bits per heavy atom. The van der Waals surface area contributed by atoms with Crippen molar-refractivity contribution in [2.45, 2.75) is 25.2 Å². The van der Waals surface area contributed by atoms with Crippen LogP contribution in [0.1, 0.15) is 25.3 Å². The fraction of sp³-hybridized carbons (Fsp3) is 0.391. The van der Waals surface area contributed by atoms with Crippen LogP contribution in [0.3, 0.4) is 0 Å². The first-order valence-electron chi connectivity index (χ1n) is 10.1. The Labute approximate surface area is 182 Å². The first-order valence-corrected chi connectivity index (χ1v) is 10.4. The van der Waals surface area contributed by atoms with Crippen LogP contribution < -0.4 is 10.1 Å². The van der Waals surface area contributed by atoms with E-state index in [1.54, 1.807) is 25.3 Å². The molecule has 0 aliphatic carbocycles. The molecule has 1 heterocycles. The number of nitrogens with zero attached hydrogens (tertiary/aromatic N) is 1. The number of carbonyl (C=O) groups excluding carboxylic acids is 2. The number of benzene rings is 2. The van der Waals surface area contributed by atoms with E-state index in [1.807, 2.05) is 42.2 Å². The van der Waals surface area contributed by atoms with E-state index in [9.17, 15) is 9.59 Å². The average molecular weight is 431 g/mol. The fourth-order valence-electron chi connectivity index (χ4n) is 3.90. The molecule has 0 aromatic heterocycles. The number of likely N-dealkylation sites (tertiary alicyclic amines) is 1. The van der Waals surface area contributed by atoms with E-state index in [4.69, 9.17) is 21.1 Å². The predicted molar refractivity (Wildman–Crippen MR) is 117 cm³/mol. The fourth-order valence-corrected chi connectivity index (χ4v) is 4.07. The van der Waals surface area contributed by atoms with Crippen LogP contribution in [0.2, 0.25) is 5.02 Å². The number of piperidine rings is 1. The number of anilines is 1. The highest BCUT2D eigenvalue weighted by Gasteiger charge is 2.44. The summed E-state index contributed by atoms with van der Waals surface area (Å²) >= 11 is 6.03. The van der Waals surface area contributed by atoms with Gasteiger partial charge in [-0.25, -0.2) is 0 Å². The molecule has 7 heteroatoms. The van der Waals surface area contributed by atoms with Crippen molar-refractivity contribution >= 4 is 29.2 Å². The largest absolute Gasteiger partial charge is 0.495 e. The molecule has 1 N–H and O–H groups in total. The molecular weight excluding hydrogens is 404 g/mol. The highest BCUT2D eigenvalue weighted by molar-refractivity contribution is 6.31. The quantitative estimate of drug-likeness (QED) is 0.675. The van der Waals surface area contributed by atoms with E-state index in [2.05, 4.69) is 5.32 Å². The second-order valence-corrected chi connectivity index (χ2v) is 7.77. The summed E-state index contributed by atoms with van der Waals surface area (Å²) in [4.78, 5) is 27.5. The Bertz CT molecular complexity index is 880. The van der Waals surface area contributed by atoms with Gasteiger partial charge < -0.3 is 14.8 Å². The number of esters is 1. The monoisotopic (exact) mass is 430 g/mol. The third-order valence-electron chi connectivity index (χ3n) is 5.50. The van der Waals surface area contributed by atoms with E-state index < -0.39 is 5.41 Å². The standard InChI is InChI=1S/C23H27ClN2O4/c1-3-30-22(28)23(17-7-5-4-6-8-17)11-13-26(14-12-23)16-21(27)25-19-15-18(24)9-10-20(19)29-2/h4-10,15H,3,11-14,16H2,1-2H3,(H,25,27). The minimum Gasteiger partial charge on any atom is -0.495 e. The zero-order chi connectivity index (χ0) is 21.6. The highest BCUT2D eigenvalue weighted by Crippen LogP contribution is 2.37. The van der Waals surface area contributed by atoms with E-state index >= 15 is 0 Å². The third-order valence-corrected chi connectivity index (χ3v) is 5.74. The molecule has 0 bridgehead atoms. The van der Waals surface area contributed by atoms with E-state index in [0.717, 1.165) is 5.56 Å². The number of hydrogen-bond donors (Lipinski definition) is 1. The summed E-state index contributed by atoms with van der Waals surface area (Å²) in [5.41, 5.74) is 0.842. The van der Waals surface area contributed by atoms with Crippen molar-refractivity contribution < 1.29 is 19.1 Å². The molecule has 3 rings (SSSR count). The lowest BCUT2D eigenvalue weighted by atomic mass is 9.72. The summed E-state index contributed by atoms with van der Waals surface area (Å²) < 4.78 is 10.7. The summed E-state index contributed by atoms with van der Waals surface area (Å²) in [5.74, 6) is 0.208. The number of carbonyl (C=O) groups is 2. The second kappa shape index (κ2) is 9.96. The van der Waals surface area contributed by atoms with Crippen LogP contribution in [-0.4, -0.2) is 50.1 Å². The van der Waals surface area contributed by atoms with Crippen molar-refractivity contribution in [2.75, 3.05) is 38.7 Å². The number of hydrogen-bond acceptors (Lipinski definition) is 5. The maximum atomic E-state index is 12.8. The average Bonchev–Trinajstić information content (AvgIpc) is 2.75. The van der Waals surface area contributed by atoms with Gasteiger partial charge in [0.25, 0.3) is 0 Å². The summed E-state index contributed by atoms with van der Waals surface area (Å²) in [6.45, 7) is 3.63. The minimum atomic E-state index is -0.666. The molecule has 1 saturated heterocycles. The number of rotatable bonds is 7. The summed E-state index contributed by atoms with van der Waals surface area (Å²) in [5, 5.41) is 3.38. The number of ether oxygens (including phenoxy) is 2. The maximum absolute atomic E-state index is 12.8. The first kappa shape index (κ1) is 22.1. The molecule has 160 valence electrons. The van der Waals surface area contributed by atoms with Gasteiger partial charge in [0.05, 0.1) is 31.4 Å². The van der Waals surface area contributed by atoms with Gasteiger partial charge in [0.15, 0.2) is 0 Å². The molecule has 0 radical (unpaired) electrons. The lowest BCUT2D eigenvalue weighted by molar-refractivity contribution is -0.152. The zero-order valence-corrected chi connectivity index (χ0v) is 18.1. The number of halogens is 1. The van der Waals surface area contributed by atoms with Gasteiger partial charge in [-0.15, -0.1) is 0 Å². The molecule has 0 spiro atoms. The van der Waals surface area contributed by atoms with Gasteiger partial charge >= 0.3 is 5.97 Å². The maximum Gasteiger partial charge on any atom is 0.316 e. The Hall–Kier alpha value is -2.57. The molecular formula is C23H27ClN2O4. The molecule has 0 atom stereocenters. The predicted octanol–water partition coefficient (Wildman–Crippen LogP) is 3.88. The van der Waals surface area contributed by atoms with Crippen molar-refractivity contribution in [1.29, 1.82) is 0 Å². The molecule has 30 heavy (non-hydrogen) atoms. The van der Waals surface area contributed by atoms with Crippen LogP contribution in [0.4, 0.5) is 5.69 Å². The van der Waals surface area contributed by atoms with Crippen molar-refractivity contribution in [3.63, 3.8) is 0 Å². The SMILES string of the molecule is CCOC(=O)C1(c2ccccc2)CCN(CC(=O)Nc2cc(Cl)ccc2OC)CC1. The van der Waals surface area contributed by atoms with E-state index in [-0.39, 0.29) is 18.4 Å². The molecule has 1 amide bonds. The summed E-state index contributed by atoms with van der Waals surface area (Å²) in [7, 11) is 1.54. The Balaban J connectivity index is 1.66. The van der Waals surface area contributed by atoms with Crippen molar-refractivity contribution in [2.24, 2.45) is 0 Å². The number of nitrogens with one attached hydrogen (secondary N) is 1. The van der Waals surface area contributed by atoms with Crippen LogP contribution in [0.5, 0.6) is 5.75 Å². The molecule has 2 aromatic rings. The van der Waals surface area contributed by atoms with E-state index in [0.29, 0.717) is 49.0 Å². The lowest BCUT2D eigenvalue weighted by Gasteiger charge is -2.40. The van der Waals surface area contributed by atoms with Gasteiger partial charge in [0.2, 0.25) is 5.91 Å². The van der Waals surface area contributed by atoms with E-state index in [1.165, 1.54) is 0 Å². The van der Waals surface area contributed by atoms with Gasteiger partial charge in [-0.1, -0.05) is 41.9 Å². The normalized spacial score (nSPS) is 16.0. The van der Waals surface area contributed by atoms with Gasteiger partial charge in [-0.2, -0.15) is 0 Å². The number of methoxy groups -OCH3 is 1. The molecule has 0 saturated carbocycles. The lowest BCUT2D eigenvalue weighted by Crippen LogP contribution is -2.49. The van der Waals surface area contributed by atoms with Gasteiger partial charge in [0, 0.05) is 18.1 Å². The molecule has 2 aromatic carbocycles. The Kier molecular flexibility index (Phi) is 7.34. The Morgan fingerprint density at radius 1 is 1.13 bits per heavy atom. The molecule has 1 aliphatic heterocycles. The van der Waals surface area contributed by atoms with Crippen LogP contribution >= 0.6 is 11.6 Å². The minimum absolute atomic E-state index is 0.154. The smallest absolute Gasteiger partial charge is 0.316 e. The molecule has 1 fully saturated rings. The number of amides is 1. The van der Waals surface area contributed by atoms with Crippen LogP contribution in [0.25, 0.3) is 0 Å². The summed E-state index contributed by atoms with van der Waals surface area (Å²) in [6, 6.07) is 14.9. The molecule has 1 aliphatic rings. The summed E-state index contributed by atoms with van der Waals surface area (Å²) in [6.07, 6.45) is 1.20. The van der Waals surface area contributed by atoms with Crippen LogP contribution in [-0.2, 0) is 19.7 Å². The second-order valence-electron chi connectivity index (χ2n) is 7.34. The van der Waals surface area contributed by atoms with Gasteiger partial charge in [-0.05, 0) is 43.5 Å². The van der Waals surface area contributed by atoms with Crippen LogP contribution in [0.15, 0.2) is 48.5 Å². The van der Waals surface area contributed by atoms with Crippen molar-refractivity contribution in [1.82, 2.24) is 4.90 Å². The van der Waals surface area contributed by atoms with Gasteiger partial charge in [0.1, 0.15) is 5.75 Å². The van der Waals surface area contributed by atoms with Crippen molar-refractivity contribution in [3.8, 4) is 5.75 Å². The third kappa shape index (κ3) is 4.94. The first-order chi connectivity index (χ1) is 14.5. The zero-order valence-electron chi connectivity index (χ0n) is 17.3. The Morgan fingerprint density at radius 2 is 1.83 bits per heavy atom. The van der Waals surface area contributed by atoms with Crippen LogP contribution in [0, 0.1) is 0 Å². The van der Waals surface area contributed by atoms with Gasteiger partial charge in [-0.3, -0.25) is 14.5 Å². The van der Waals surface area contributed by atoms with Crippen molar-refractivity contribution in [3.05, 3.63) is 59.1 Å².